The Bertz CT molecular complexity index is 629. The summed E-state index contributed by atoms with van der Waals surface area (Å²) in [6.45, 7) is 0. The minimum Gasteiger partial charge on any atom is -0.399 e. The van der Waals surface area contributed by atoms with E-state index in [1.54, 1.807) is 0 Å². The second kappa shape index (κ2) is 5.16. The first-order valence-electron chi connectivity index (χ1n) is 5.39. The molecule has 0 atom stereocenters. The molecule has 0 aliphatic heterocycles. The largest absolute Gasteiger partial charge is 0.399 e. The summed E-state index contributed by atoms with van der Waals surface area (Å²) in [4.78, 5) is 11.4. The number of rotatable bonds is 3. The number of nitrogens with one attached hydrogen (secondary N) is 1. The molecule has 0 saturated carbocycles. The van der Waals surface area contributed by atoms with Gasteiger partial charge < -0.3 is 16.8 Å². The Morgan fingerprint density at radius 3 is 2.42 bits per heavy atom. The zero-order valence-electron chi connectivity index (χ0n) is 9.78. The van der Waals surface area contributed by atoms with E-state index in [-0.39, 0.29) is 16.4 Å². The van der Waals surface area contributed by atoms with Crippen molar-refractivity contribution in [2.24, 2.45) is 5.73 Å². The summed E-state index contributed by atoms with van der Waals surface area (Å²) in [5.41, 5.74) is 12.3. The highest BCUT2D eigenvalue weighted by Gasteiger charge is 2.13. The normalized spacial score (nSPS) is 10.2. The lowest BCUT2D eigenvalue weighted by molar-refractivity contribution is 0.100. The van der Waals surface area contributed by atoms with E-state index in [2.05, 4.69) is 5.32 Å². The van der Waals surface area contributed by atoms with E-state index in [1.165, 1.54) is 36.4 Å². The number of nitrogen functional groups attached to an aromatic ring is 1. The van der Waals surface area contributed by atoms with Crippen LogP contribution in [-0.2, 0) is 0 Å². The maximum absolute atomic E-state index is 12.8. The van der Waals surface area contributed by atoms with Crippen molar-refractivity contribution in [2.75, 3.05) is 11.1 Å². The summed E-state index contributed by atoms with van der Waals surface area (Å²) >= 11 is 6.04. The highest BCUT2D eigenvalue weighted by atomic mass is 35.5. The molecule has 4 nitrogen and oxygen atoms in total. The van der Waals surface area contributed by atoms with E-state index in [1.807, 2.05) is 0 Å². The van der Waals surface area contributed by atoms with Crippen LogP contribution in [0.5, 0.6) is 0 Å². The van der Waals surface area contributed by atoms with Gasteiger partial charge in [0.05, 0.1) is 16.3 Å². The van der Waals surface area contributed by atoms with Gasteiger partial charge in [-0.05, 0) is 36.4 Å². The van der Waals surface area contributed by atoms with Crippen LogP contribution >= 0.6 is 11.6 Å². The Morgan fingerprint density at radius 2 is 1.84 bits per heavy atom. The SMILES string of the molecule is NC(=O)c1cc(N)cc(Cl)c1Nc1ccc(F)cc1. The lowest BCUT2D eigenvalue weighted by Crippen LogP contribution is -2.14. The summed E-state index contributed by atoms with van der Waals surface area (Å²) in [5, 5.41) is 3.18. The van der Waals surface area contributed by atoms with E-state index in [4.69, 9.17) is 23.1 Å². The molecule has 2 rings (SSSR count). The number of primary amides is 1. The third-order valence-electron chi connectivity index (χ3n) is 2.49. The molecular formula is C13H11ClFN3O. The van der Waals surface area contributed by atoms with Gasteiger partial charge in [0.1, 0.15) is 5.82 Å². The molecule has 98 valence electrons. The first-order chi connectivity index (χ1) is 8.97. The number of benzene rings is 2. The molecule has 0 bridgehead atoms. The Labute approximate surface area is 114 Å². The van der Waals surface area contributed by atoms with E-state index < -0.39 is 5.91 Å². The fraction of sp³-hybridized carbons (Fsp3) is 0. The molecule has 0 aliphatic carbocycles. The van der Waals surface area contributed by atoms with Crippen LogP contribution < -0.4 is 16.8 Å². The van der Waals surface area contributed by atoms with Crippen LogP contribution in [0.4, 0.5) is 21.5 Å². The van der Waals surface area contributed by atoms with E-state index in [0.717, 1.165) is 0 Å². The molecule has 19 heavy (non-hydrogen) atoms. The van der Waals surface area contributed by atoms with Crippen molar-refractivity contribution in [3.05, 3.63) is 52.8 Å². The van der Waals surface area contributed by atoms with Gasteiger partial charge >= 0.3 is 0 Å². The van der Waals surface area contributed by atoms with Crippen LogP contribution in [0.1, 0.15) is 10.4 Å². The first kappa shape index (κ1) is 13.2. The van der Waals surface area contributed by atoms with E-state index in [0.29, 0.717) is 17.1 Å². The maximum atomic E-state index is 12.8. The van der Waals surface area contributed by atoms with Gasteiger partial charge in [-0.2, -0.15) is 0 Å². The summed E-state index contributed by atoms with van der Waals surface area (Å²) in [6.07, 6.45) is 0. The molecule has 2 aromatic rings. The van der Waals surface area contributed by atoms with Crippen LogP contribution in [0.15, 0.2) is 36.4 Å². The number of anilines is 3. The third-order valence-corrected chi connectivity index (χ3v) is 2.79. The monoisotopic (exact) mass is 279 g/mol. The smallest absolute Gasteiger partial charge is 0.250 e. The predicted molar refractivity (Wildman–Crippen MR) is 74.1 cm³/mol. The number of halogens is 2. The van der Waals surface area contributed by atoms with Crippen LogP contribution in [0, 0.1) is 5.82 Å². The zero-order valence-corrected chi connectivity index (χ0v) is 10.5. The first-order valence-corrected chi connectivity index (χ1v) is 5.76. The van der Waals surface area contributed by atoms with Crippen LogP contribution in [0.25, 0.3) is 0 Å². The van der Waals surface area contributed by atoms with Gasteiger partial charge in [0.25, 0.3) is 5.91 Å². The molecule has 0 unspecified atom stereocenters. The molecule has 0 spiro atoms. The van der Waals surface area contributed by atoms with E-state index >= 15 is 0 Å². The summed E-state index contributed by atoms with van der Waals surface area (Å²) in [7, 11) is 0. The Kier molecular flexibility index (Phi) is 3.57. The molecule has 0 saturated heterocycles. The standard InChI is InChI=1S/C13H11ClFN3O/c14-11-6-8(16)5-10(13(17)19)12(11)18-9-3-1-7(15)2-4-9/h1-6,18H,16H2,(H2,17,19). The minimum absolute atomic E-state index is 0.175. The lowest BCUT2D eigenvalue weighted by Gasteiger charge is -2.13. The van der Waals surface area contributed by atoms with Crippen molar-refractivity contribution >= 4 is 34.6 Å². The molecule has 1 amide bonds. The van der Waals surface area contributed by atoms with Crippen LogP contribution in [0.3, 0.4) is 0 Å². The topological polar surface area (TPSA) is 81.1 Å². The zero-order chi connectivity index (χ0) is 14.0. The van der Waals surface area contributed by atoms with Gasteiger partial charge in [-0.3, -0.25) is 4.79 Å². The molecule has 0 aliphatic rings. The second-order valence-electron chi connectivity index (χ2n) is 3.92. The maximum Gasteiger partial charge on any atom is 0.250 e. The van der Waals surface area contributed by atoms with Crippen molar-refractivity contribution < 1.29 is 9.18 Å². The number of hydrogen-bond acceptors (Lipinski definition) is 3. The highest BCUT2D eigenvalue weighted by molar-refractivity contribution is 6.34. The molecule has 0 radical (unpaired) electrons. The van der Waals surface area contributed by atoms with Gasteiger partial charge in [-0.25, -0.2) is 4.39 Å². The number of carbonyl (C=O) groups is 1. The van der Waals surface area contributed by atoms with Crippen molar-refractivity contribution in [3.8, 4) is 0 Å². The quantitative estimate of drug-likeness (QED) is 0.756. The fourth-order valence-electron chi connectivity index (χ4n) is 1.63. The lowest BCUT2D eigenvalue weighted by atomic mass is 10.1. The third kappa shape index (κ3) is 2.95. The number of nitrogens with two attached hydrogens (primary N) is 2. The molecule has 0 fully saturated rings. The summed E-state index contributed by atoms with van der Waals surface area (Å²) in [5.74, 6) is -1.01. The fourth-order valence-corrected chi connectivity index (χ4v) is 1.90. The summed E-state index contributed by atoms with van der Waals surface area (Å²) < 4.78 is 12.8. The Hall–Kier alpha value is -2.27. The average Bonchev–Trinajstić information content (AvgIpc) is 2.34. The van der Waals surface area contributed by atoms with Crippen molar-refractivity contribution in [3.63, 3.8) is 0 Å². The highest BCUT2D eigenvalue weighted by Crippen LogP contribution is 2.31. The molecule has 0 heterocycles. The second-order valence-corrected chi connectivity index (χ2v) is 4.33. The van der Waals surface area contributed by atoms with Crippen molar-refractivity contribution in [2.45, 2.75) is 0 Å². The van der Waals surface area contributed by atoms with Gasteiger partial charge in [0, 0.05) is 11.4 Å². The number of amides is 1. The van der Waals surface area contributed by atoms with Crippen LogP contribution in [-0.4, -0.2) is 5.91 Å². The minimum atomic E-state index is -0.654. The number of hydrogen-bond donors (Lipinski definition) is 3. The van der Waals surface area contributed by atoms with Gasteiger partial charge in [0.2, 0.25) is 0 Å². The molecule has 5 N–H and O–H groups in total. The van der Waals surface area contributed by atoms with Gasteiger partial charge in [-0.1, -0.05) is 11.6 Å². The van der Waals surface area contributed by atoms with Gasteiger partial charge in [-0.15, -0.1) is 0 Å². The Morgan fingerprint density at radius 1 is 1.21 bits per heavy atom. The van der Waals surface area contributed by atoms with Gasteiger partial charge in [0.15, 0.2) is 0 Å². The van der Waals surface area contributed by atoms with E-state index in [9.17, 15) is 9.18 Å². The van der Waals surface area contributed by atoms with Crippen molar-refractivity contribution in [1.29, 1.82) is 0 Å². The Balaban J connectivity index is 2.44. The van der Waals surface area contributed by atoms with Crippen molar-refractivity contribution in [1.82, 2.24) is 0 Å². The number of carbonyl (C=O) groups excluding carboxylic acids is 1. The average molecular weight is 280 g/mol. The van der Waals surface area contributed by atoms with Crippen LogP contribution in [0.2, 0.25) is 5.02 Å². The predicted octanol–water partition coefficient (Wildman–Crippen LogP) is 2.90. The molecular weight excluding hydrogens is 269 g/mol. The molecule has 0 aromatic heterocycles. The summed E-state index contributed by atoms with van der Waals surface area (Å²) in [6, 6.07) is 8.55. The molecule has 6 heteroatoms. The molecule has 2 aromatic carbocycles.